The Kier molecular flexibility index (Phi) is 3.57. The molecule has 6 heteroatoms. The summed E-state index contributed by atoms with van der Waals surface area (Å²) in [5.41, 5.74) is 1.41. The van der Waals surface area contributed by atoms with Gasteiger partial charge in [0.05, 0.1) is 25.2 Å². The number of nitrogens with one attached hydrogen (secondary N) is 2. The molecule has 0 atom stereocenters. The summed E-state index contributed by atoms with van der Waals surface area (Å²) in [6, 6.07) is 5.23. The van der Waals surface area contributed by atoms with Gasteiger partial charge in [0.1, 0.15) is 0 Å². The highest BCUT2D eigenvalue weighted by atomic mass is 16.5. The van der Waals surface area contributed by atoms with Gasteiger partial charge in [-0.05, 0) is 18.2 Å². The van der Waals surface area contributed by atoms with Crippen molar-refractivity contribution in [3.05, 3.63) is 30.0 Å². The first kappa shape index (κ1) is 12.1. The summed E-state index contributed by atoms with van der Waals surface area (Å²) in [5.74, 6) is -0.567. The molecule has 18 heavy (non-hydrogen) atoms. The summed E-state index contributed by atoms with van der Waals surface area (Å²) >= 11 is 0. The van der Waals surface area contributed by atoms with Crippen molar-refractivity contribution in [1.82, 2.24) is 15.5 Å². The SMILES string of the molecule is COC(=O)CCNC(=O)c1ccc2[nH]ncc2c1. The number of methoxy groups -OCH3 is 1. The molecule has 1 aromatic heterocycles. The van der Waals surface area contributed by atoms with Crippen LogP contribution in [-0.4, -0.2) is 35.7 Å². The monoisotopic (exact) mass is 247 g/mol. The summed E-state index contributed by atoms with van der Waals surface area (Å²) in [7, 11) is 1.32. The molecule has 2 aromatic rings. The maximum absolute atomic E-state index is 11.8. The van der Waals surface area contributed by atoms with E-state index in [0.717, 1.165) is 10.9 Å². The van der Waals surface area contributed by atoms with Crippen LogP contribution < -0.4 is 5.32 Å². The van der Waals surface area contributed by atoms with Crippen molar-refractivity contribution in [2.45, 2.75) is 6.42 Å². The van der Waals surface area contributed by atoms with Crippen LogP contribution in [0.15, 0.2) is 24.4 Å². The molecule has 0 saturated heterocycles. The molecule has 0 spiro atoms. The Hall–Kier alpha value is -2.37. The van der Waals surface area contributed by atoms with Crippen molar-refractivity contribution in [3.8, 4) is 0 Å². The lowest BCUT2D eigenvalue weighted by molar-refractivity contribution is -0.140. The molecule has 0 radical (unpaired) electrons. The fraction of sp³-hybridized carbons (Fsp3) is 0.250. The van der Waals surface area contributed by atoms with E-state index in [-0.39, 0.29) is 24.8 Å². The molecular formula is C12H13N3O3. The van der Waals surface area contributed by atoms with Gasteiger partial charge in [0.2, 0.25) is 0 Å². The number of benzene rings is 1. The Morgan fingerprint density at radius 1 is 1.44 bits per heavy atom. The van der Waals surface area contributed by atoms with E-state index in [1.165, 1.54) is 7.11 Å². The second-order valence-electron chi connectivity index (χ2n) is 3.75. The van der Waals surface area contributed by atoms with Gasteiger partial charge in [0.25, 0.3) is 5.91 Å². The van der Waals surface area contributed by atoms with Crippen LogP contribution in [-0.2, 0) is 9.53 Å². The molecule has 1 amide bonds. The van der Waals surface area contributed by atoms with Crippen molar-refractivity contribution in [2.75, 3.05) is 13.7 Å². The number of H-pyrrole nitrogens is 1. The number of carbonyl (C=O) groups is 2. The maximum Gasteiger partial charge on any atom is 0.307 e. The number of hydrogen-bond donors (Lipinski definition) is 2. The van der Waals surface area contributed by atoms with Crippen molar-refractivity contribution in [3.63, 3.8) is 0 Å². The number of aromatic nitrogens is 2. The molecule has 0 saturated carbocycles. The number of aromatic amines is 1. The highest BCUT2D eigenvalue weighted by Gasteiger charge is 2.07. The normalized spacial score (nSPS) is 10.3. The Balaban J connectivity index is 1.97. The quantitative estimate of drug-likeness (QED) is 0.785. The van der Waals surface area contributed by atoms with Gasteiger partial charge < -0.3 is 10.1 Å². The minimum Gasteiger partial charge on any atom is -0.469 e. The van der Waals surface area contributed by atoms with Gasteiger partial charge in [-0.25, -0.2) is 0 Å². The molecule has 0 aliphatic rings. The Morgan fingerprint density at radius 2 is 2.28 bits per heavy atom. The van der Waals surface area contributed by atoms with Gasteiger partial charge in [-0.2, -0.15) is 5.10 Å². The van der Waals surface area contributed by atoms with E-state index in [2.05, 4.69) is 20.3 Å². The van der Waals surface area contributed by atoms with Crippen molar-refractivity contribution < 1.29 is 14.3 Å². The van der Waals surface area contributed by atoms with E-state index >= 15 is 0 Å². The molecule has 2 N–H and O–H groups in total. The van der Waals surface area contributed by atoms with Crippen LogP contribution in [0.2, 0.25) is 0 Å². The molecule has 94 valence electrons. The lowest BCUT2D eigenvalue weighted by Gasteiger charge is -2.04. The highest BCUT2D eigenvalue weighted by molar-refractivity contribution is 5.97. The molecule has 2 rings (SSSR count). The standard InChI is InChI=1S/C12H13N3O3/c1-18-11(16)4-5-13-12(17)8-2-3-10-9(6-8)7-14-15-10/h2-3,6-7H,4-5H2,1H3,(H,13,17)(H,14,15). The molecule has 0 unspecified atom stereocenters. The number of carbonyl (C=O) groups excluding carboxylic acids is 2. The Bertz CT molecular complexity index is 577. The molecule has 0 bridgehead atoms. The number of ether oxygens (including phenoxy) is 1. The fourth-order valence-corrected chi connectivity index (χ4v) is 1.57. The van der Waals surface area contributed by atoms with Gasteiger partial charge in [0.15, 0.2) is 0 Å². The summed E-state index contributed by atoms with van der Waals surface area (Å²) in [5, 5.41) is 10.2. The van der Waals surface area contributed by atoms with E-state index in [1.807, 2.05) is 0 Å². The lowest BCUT2D eigenvalue weighted by Crippen LogP contribution is -2.26. The lowest BCUT2D eigenvalue weighted by atomic mass is 10.1. The minimum atomic E-state index is -0.347. The molecule has 1 aromatic carbocycles. The number of fused-ring (bicyclic) bond motifs is 1. The zero-order valence-electron chi connectivity index (χ0n) is 9.90. The number of nitrogens with zero attached hydrogens (tertiary/aromatic N) is 1. The zero-order valence-corrected chi connectivity index (χ0v) is 9.90. The summed E-state index contributed by atoms with van der Waals surface area (Å²) in [6.07, 6.45) is 1.82. The second kappa shape index (κ2) is 5.31. The fourth-order valence-electron chi connectivity index (χ4n) is 1.57. The second-order valence-corrected chi connectivity index (χ2v) is 3.75. The van der Waals surface area contributed by atoms with Crippen LogP contribution in [0, 0.1) is 0 Å². The number of rotatable bonds is 4. The minimum absolute atomic E-state index is 0.163. The number of hydrogen-bond acceptors (Lipinski definition) is 4. The van der Waals surface area contributed by atoms with Crippen molar-refractivity contribution >= 4 is 22.8 Å². The summed E-state index contributed by atoms with van der Waals surface area (Å²) in [4.78, 5) is 22.7. The molecule has 0 aliphatic heterocycles. The molecule has 0 fully saturated rings. The highest BCUT2D eigenvalue weighted by Crippen LogP contribution is 2.12. The van der Waals surface area contributed by atoms with Crippen LogP contribution >= 0.6 is 0 Å². The average molecular weight is 247 g/mol. The molecular weight excluding hydrogens is 234 g/mol. The van der Waals surface area contributed by atoms with Gasteiger partial charge in [-0.1, -0.05) is 0 Å². The summed E-state index contributed by atoms with van der Waals surface area (Å²) < 4.78 is 4.48. The van der Waals surface area contributed by atoms with Gasteiger partial charge in [-0.15, -0.1) is 0 Å². The van der Waals surface area contributed by atoms with Crippen LogP contribution in [0.1, 0.15) is 16.8 Å². The first-order chi connectivity index (χ1) is 8.70. The first-order valence-electron chi connectivity index (χ1n) is 5.49. The third kappa shape index (κ3) is 2.65. The van der Waals surface area contributed by atoms with E-state index in [9.17, 15) is 9.59 Å². The van der Waals surface area contributed by atoms with E-state index in [4.69, 9.17) is 0 Å². The van der Waals surface area contributed by atoms with Crippen LogP contribution in [0.3, 0.4) is 0 Å². The maximum atomic E-state index is 11.8. The Morgan fingerprint density at radius 3 is 3.06 bits per heavy atom. The van der Waals surface area contributed by atoms with Crippen LogP contribution in [0.5, 0.6) is 0 Å². The average Bonchev–Trinajstić information content (AvgIpc) is 2.85. The molecule has 0 aliphatic carbocycles. The smallest absolute Gasteiger partial charge is 0.307 e. The Labute approximate surface area is 103 Å². The van der Waals surface area contributed by atoms with Gasteiger partial charge in [-0.3, -0.25) is 14.7 Å². The largest absolute Gasteiger partial charge is 0.469 e. The van der Waals surface area contributed by atoms with E-state index < -0.39 is 0 Å². The first-order valence-corrected chi connectivity index (χ1v) is 5.49. The van der Waals surface area contributed by atoms with Gasteiger partial charge in [0, 0.05) is 17.5 Å². The molecule has 6 nitrogen and oxygen atoms in total. The third-order valence-electron chi connectivity index (χ3n) is 2.54. The third-order valence-corrected chi connectivity index (χ3v) is 2.54. The number of esters is 1. The summed E-state index contributed by atoms with van der Waals surface area (Å²) in [6.45, 7) is 0.259. The van der Waals surface area contributed by atoms with Gasteiger partial charge >= 0.3 is 5.97 Å². The predicted molar refractivity (Wildman–Crippen MR) is 65.1 cm³/mol. The zero-order chi connectivity index (χ0) is 13.0. The van der Waals surface area contributed by atoms with Crippen LogP contribution in [0.4, 0.5) is 0 Å². The predicted octanol–water partition coefficient (Wildman–Crippen LogP) is 0.856. The number of amides is 1. The van der Waals surface area contributed by atoms with Crippen molar-refractivity contribution in [2.24, 2.45) is 0 Å². The van der Waals surface area contributed by atoms with Crippen LogP contribution in [0.25, 0.3) is 10.9 Å². The topological polar surface area (TPSA) is 84.1 Å². The molecule has 1 heterocycles. The van der Waals surface area contributed by atoms with Crippen molar-refractivity contribution in [1.29, 1.82) is 0 Å². The van der Waals surface area contributed by atoms with E-state index in [0.29, 0.717) is 5.56 Å². The van der Waals surface area contributed by atoms with E-state index in [1.54, 1.807) is 24.4 Å².